The summed E-state index contributed by atoms with van der Waals surface area (Å²) in [5.41, 5.74) is 1.50. The third kappa shape index (κ3) is 4.52. The zero-order valence-corrected chi connectivity index (χ0v) is 20.0. The van der Waals surface area contributed by atoms with Crippen molar-refractivity contribution in [3.8, 4) is 17.5 Å². The highest BCUT2D eigenvalue weighted by atomic mass is 16.5. The van der Waals surface area contributed by atoms with Crippen molar-refractivity contribution in [1.82, 2.24) is 24.6 Å². The molecule has 5 rings (SSSR count). The van der Waals surface area contributed by atoms with Gasteiger partial charge in [0.05, 0.1) is 5.69 Å². The molecule has 3 aromatic heterocycles. The smallest absolute Gasteiger partial charge is 0.229 e. The maximum absolute atomic E-state index is 8.83. The van der Waals surface area contributed by atoms with E-state index in [9.17, 15) is 0 Å². The highest BCUT2D eigenvalue weighted by Crippen LogP contribution is 2.34. The number of piperidine rings is 1. The Morgan fingerprint density at radius 2 is 2.00 bits per heavy atom. The van der Waals surface area contributed by atoms with Crippen LogP contribution < -0.4 is 4.74 Å². The number of rotatable bonds is 6. The number of aryl methyl sites for hydroxylation is 1. The summed E-state index contributed by atoms with van der Waals surface area (Å²) in [7, 11) is 0. The Bertz CT molecular complexity index is 1160. The minimum absolute atomic E-state index is 0.0725. The van der Waals surface area contributed by atoms with Gasteiger partial charge in [0.25, 0.3) is 0 Å². The first-order valence-corrected chi connectivity index (χ1v) is 12.1. The average Bonchev–Trinajstić information content (AvgIpc) is 3.45. The summed E-state index contributed by atoms with van der Waals surface area (Å²) in [6.07, 6.45) is 6.05. The van der Waals surface area contributed by atoms with E-state index in [0.29, 0.717) is 41.5 Å². The van der Waals surface area contributed by atoms with Crippen molar-refractivity contribution < 1.29 is 19.1 Å². The van der Waals surface area contributed by atoms with E-state index in [1.165, 1.54) is 6.21 Å². The van der Waals surface area contributed by atoms with Crippen LogP contribution in [0.2, 0.25) is 0 Å². The molecule has 2 saturated heterocycles. The molecule has 0 spiro atoms. The lowest BCUT2D eigenvalue weighted by molar-refractivity contribution is -0.0371. The zero-order chi connectivity index (χ0) is 23.7. The van der Waals surface area contributed by atoms with Gasteiger partial charge in [0.1, 0.15) is 23.5 Å². The summed E-state index contributed by atoms with van der Waals surface area (Å²) in [5, 5.41) is 17.5. The van der Waals surface area contributed by atoms with E-state index >= 15 is 0 Å². The van der Waals surface area contributed by atoms with Gasteiger partial charge >= 0.3 is 0 Å². The number of ether oxygens (including phenoxy) is 2. The van der Waals surface area contributed by atoms with Crippen molar-refractivity contribution in [2.45, 2.75) is 71.2 Å². The molecule has 1 unspecified atom stereocenters. The summed E-state index contributed by atoms with van der Waals surface area (Å²) in [6, 6.07) is 4.00. The molecule has 10 heteroatoms. The fraction of sp³-hybridized carbons (Fsp3) is 0.583. The zero-order valence-electron chi connectivity index (χ0n) is 20.0. The predicted molar refractivity (Wildman–Crippen MR) is 126 cm³/mol. The Balaban J connectivity index is 1.54. The first-order valence-electron chi connectivity index (χ1n) is 12.1. The number of nitrogens with zero attached hydrogens (tertiary/aromatic N) is 6. The third-order valence-corrected chi connectivity index (χ3v) is 6.64. The fourth-order valence-electron chi connectivity index (χ4n) is 4.75. The topological polar surface area (TPSA) is 111 Å². The van der Waals surface area contributed by atoms with Crippen LogP contribution >= 0.6 is 0 Å². The monoisotopic (exact) mass is 468 g/mol. The van der Waals surface area contributed by atoms with Crippen molar-refractivity contribution in [1.29, 1.82) is 0 Å². The van der Waals surface area contributed by atoms with Crippen LogP contribution in [0.5, 0.6) is 5.88 Å². The van der Waals surface area contributed by atoms with Crippen LogP contribution in [0.1, 0.15) is 63.6 Å². The fourth-order valence-corrected chi connectivity index (χ4v) is 4.75. The molecule has 182 valence electrons. The molecule has 34 heavy (non-hydrogen) atoms. The van der Waals surface area contributed by atoms with E-state index in [2.05, 4.69) is 23.9 Å². The van der Waals surface area contributed by atoms with Gasteiger partial charge in [0, 0.05) is 25.7 Å². The van der Waals surface area contributed by atoms with E-state index in [1.807, 2.05) is 11.6 Å². The summed E-state index contributed by atoms with van der Waals surface area (Å²) < 4.78 is 20.2. The lowest BCUT2D eigenvalue weighted by Gasteiger charge is -2.34. The minimum atomic E-state index is -0.163. The molecular formula is C24H32N6O4. The highest BCUT2D eigenvalue weighted by Gasteiger charge is 2.28. The van der Waals surface area contributed by atoms with Crippen molar-refractivity contribution in [3.05, 3.63) is 23.6 Å². The van der Waals surface area contributed by atoms with Gasteiger partial charge in [0.15, 0.2) is 17.6 Å². The number of aromatic nitrogens is 4. The molecule has 10 nitrogen and oxygen atoms in total. The van der Waals surface area contributed by atoms with Gasteiger partial charge in [-0.2, -0.15) is 10.1 Å². The van der Waals surface area contributed by atoms with Crippen LogP contribution in [0, 0.1) is 6.92 Å². The van der Waals surface area contributed by atoms with Crippen molar-refractivity contribution >= 4 is 17.2 Å². The van der Waals surface area contributed by atoms with Gasteiger partial charge < -0.3 is 24.0 Å². The van der Waals surface area contributed by atoms with Gasteiger partial charge in [-0.1, -0.05) is 5.16 Å². The summed E-state index contributed by atoms with van der Waals surface area (Å²) in [5.74, 6) is 1.80. The van der Waals surface area contributed by atoms with Crippen LogP contribution in [0.4, 0.5) is 0 Å². The molecule has 1 N–H and O–H groups in total. The van der Waals surface area contributed by atoms with Crippen molar-refractivity contribution in [3.63, 3.8) is 0 Å². The number of hydrogen-bond acceptors (Lipinski definition) is 9. The average molecular weight is 469 g/mol. The predicted octanol–water partition coefficient (Wildman–Crippen LogP) is 4.15. The van der Waals surface area contributed by atoms with E-state index in [1.54, 1.807) is 12.1 Å². The molecule has 2 aliphatic heterocycles. The Labute approximate surface area is 198 Å². The van der Waals surface area contributed by atoms with Crippen LogP contribution in [-0.2, 0) is 4.74 Å². The van der Waals surface area contributed by atoms with Crippen LogP contribution in [0.15, 0.2) is 21.7 Å². The summed E-state index contributed by atoms with van der Waals surface area (Å²) >= 11 is 0. The van der Waals surface area contributed by atoms with Crippen LogP contribution in [0.3, 0.4) is 0 Å². The van der Waals surface area contributed by atoms with E-state index in [4.69, 9.17) is 34.2 Å². The van der Waals surface area contributed by atoms with E-state index in [-0.39, 0.29) is 12.3 Å². The second kappa shape index (κ2) is 9.71. The maximum Gasteiger partial charge on any atom is 0.229 e. The van der Waals surface area contributed by atoms with Crippen molar-refractivity contribution in [2.24, 2.45) is 5.16 Å². The molecule has 0 saturated carbocycles. The molecule has 0 amide bonds. The first-order chi connectivity index (χ1) is 16.5. The first kappa shape index (κ1) is 22.8. The van der Waals surface area contributed by atoms with Gasteiger partial charge in [-0.25, -0.2) is 9.67 Å². The van der Waals surface area contributed by atoms with Crippen LogP contribution in [0.25, 0.3) is 22.6 Å². The van der Waals surface area contributed by atoms with Gasteiger partial charge in [-0.3, -0.25) is 0 Å². The molecule has 0 aliphatic carbocycles. The number of hydrogen-bond donors (Lipinski definition) is 1. The summed E-state index contributed by atoms with van der Waals surface area (Å²) in [6.45, 7) is 9.13. The largest absolute Gasteiger partial charge is 0.474 e. The Kier molecular flexibility index (Phi) is 6.51. The number of likely N-dealkylation sites (tertiary alicyclic amines) is 1. The molecule has 0 bridgehead atoms. The van der Waals surface area contributed by atoms with Crippen molar-refractivity contribution in [2.75, 3.05) is 19.7 Å². The number of fused-ring (bicyclic) bond motifs is 1. The van der Waals surface area contributed by atoms with E-state index < -0.39 is 0 Å². The molecule has 1 atom stereocenters. The lowest BCUT2D eigenvalue weighted by atomic mass is 10.1. The molecule has 5 heterocycles. The Morgan fingerprint density at radius 1 is 1.18 bits per heavy atom. The van der Waals surface area contributed by atoms with E-state index in [0.717, 1.165) is 56.3 Å². The van der Waals surface area contributed by atoms with Gasteiger partial charge in [-0.15, -0.1) is 0 Å². The van der Waals surface area contributed by atoms with Gasteiger partial charge in [0.2, 0.25) is 11.7 Å². The third-order valence-electron chi connectivity index (χ3n) is 6.64. The molecular weight excluding hydrogens is 436 g/mol. The molecule has 2 aliphatic rings. The Hall–Kier alpha value is -2.98. The molecule has 2 fully saturated rings. The Morgan fingerprint density at radius 3 is 2.71 bits per heavy atom. The number of furan rings is 1. The quantitative estimate of drug-likeness (QED) is 0.326. The standard InChI is InChI=1S/C24H32N6O4/c1-15(2)29-11-9-17(10-12-29)34-24-21-16(3)28-30(20-6-4-5-13-32-20)23(21)26-22(27-24)19-8-7-18(33-19)14-25-31/h7-8,14-15,17,20,31H,4-6,9-13H2,1-3H3. The second-order valence-corrected chi connectivity index (χ2v) is 9.30. The highest BCUT2D eigenvalue weighted by molar-refractivity contribution is 5.85. The maximum atomic E-state index is 8.83. The summed E-state index contributed by atoms with van der Waals surface area (Å²) in [4.78, 5) is 12.1. The van der Waals surface area contributed by atoms with Crippen LogP contribution in [-0.4, -0.2) is 67.9 Å². The number of oxime groups is 1. The lowest BCUT2D eigenvalue weighted by Crippen LogP contribution is -2.41. The minimum Gasteiger partial charge on any atom is -0.474 e. The van der Waals surface area contributed by atoms with Gasteiger partial charge in [-0.05, 0) is 65.0 Å². The molecule has 3 aromatic rings. The molecule has 0 radical (unpaired) electrons. The molecule has 0 aromatic carbocycles. The SMILES string of the molecule is Cc1nn(C2CCCCO2)c2nc(-c3ccc(C=NO)o3)nc(OC3CCN(C(C)C)CC3)c12. The normalized spacial score (nSPS) is 20.6. The second-order valence-electron chi connectivity index (χ2n) is 9.30.